The van der Waals surface area contributed by atoms with E-state index < -0.39 is 31.0 Å². The molecule has 27 heavy (non-hydrogen) atoms. The van der Waals surface area contributed by atoms with Crippen molar-refractivity contribution in [3.63, 3.8) is 0 Å². The molecule has 5 nitrogen and oxygen atoms in total. The average Bonchev–Trinajstić information content (AvgIpc) is 2.64. The minimum Gasteiger partial charge on any atom is -0.481 e. The van der Waals surface area contributed by atoms with Crippen molar-refractivity contribution in [3.05, 3.63) is 36.4 Å². The van der Waals surface area contributed by atoms with Crippen molar-refractivity contribution >= 4 is 28.3 Å². The molecule has 0 saturated carbocycles. The molecule has 7 heteroatoms. The van der Waals surface area contributed by atoms with E-state index in [1.807, 2.05) is 26.8 Å². The lowest BCUT2D eigenvalue weighted by molar-refractivity contribution is -0.149. The number of ether oxygens (including phenoxy) is 2. The van der Waals surface area contributed by atoms with Gasteiger partial charge in [-0.25, -0.2) is 13.6 Å². The summed E-state index contributed by atoms with van der Waals surface area (Å²) in [5.41, 5.74) is 0.120. The molecule has 146 valence electrons. The summed E-state index contributed by atoms with van der Waals surface area (Å²) in [5, 5.41) is 4.36. The fraction of sp³-hybridized carbons (Fsp3) is 0.400. The van der Waals surface area contributed by atoms with Crippen LogP contribution in [-0.4, -0.2) is 31.5 Å². The zero-order chi connectivity index (χ0) is 20.0. The maximum absolute atomic E-state index is 12.5. The molecule has 0 unspecified atom stereocenters. The first-order chi connectivity index (χ1) is 12.7. The fourth-order valence-corrected chi connectivity index (χ4v) is 2.30. The van der Waals surface area contributed by atoms with Gasteiger partial charge in [0.15, 0.2) is 13.2 Å². The van der Waals surface area contributed by atoms with Gasteiger partial charge in [-0.15, -0.1) is 0 Å². The van der Waals surface area contributed by atoms with Crippen LogP contribution in [0.25, 0.3) is 10.8 Å². The number of rotatable bonds is 8. The Balaban J connectivity index is 2.19. The molecule has 2 aromatic carbocycles. The molecular weight excluding hydrogens is 356 g/mol. The van der Waals surface area contributed by atoms with E-state index >= 15 is 0 Å². The number of alkyl halides is 2. The number of fused-ring (bicyclic) bond motifs is 1. The normalized spacial score (nSPS) is 11.5. The molecular formula is C20H23F2NO4. The summed E-state index contributed by atoms with van der Waals surface area (Å²) in [7, 11) is 0. The van der Waals surface area contributed by atoms with E-state index in [1.165, 1.54) is 0 Å². The van der Waals surface area contributed by atoms with Gasteiger partial charge in [0.1, 0.15) is 5.75 Å². The summed E-state index contributed by atoms with van der Waals surface area (Å²) >= 11 is 0. The second-order valence-corrected chi connectivity index (χ2v) is 6.71. The van der Waals surface area contributed by atoms with E-state index in [4.69, 9.17) is 4.74 Å². The van der Waals surface area contributed by atoms with Gasteiger partial charge < -0.3 is 14.8 Å². The Hall–Kier alpha value is -2.70. The zero-order valence-electron chi connectivity index (χ0n) is 15.6. The van der Waals surface area contributed by atoms with Crippen molar-refractivity contribution in [1.82, 2.24) is 0 Å². The number of hydrogen-bond donors (Lipinski definition) is 1. The fourth-order valence-electron chi connectivity index (χ4n) is 2.30. The lowest BCUT2D eigenvalue weighted by atomic mass is 9.89. The van der Waals surface area contributed by atoms with Crippen LogP contribution in [0.3, 0.4) is 0 Å². The number of anilines is 1. The standard InChI is InChI=1S/C20H23F2NO4/c1-4-20(2,3)19(25)23-15-9-5-8-14-13(15)7-6-10-16(14)26-12-18(24)27-11-17(21)22/h5-10,17H,4,11-12H2,1-3H3,(H,23,25). The summed E-state index contributed by atoms with van der Waals surface area (Å²) in [6.07, 6.45) is -2.02. The number of halogens is 2. The van der Waals surface area contributed by atoms with Crippen LogP contribution in [0.2, 0.25) is 0 Å². The van der Waals surface area contributed by atoms with Crippen molar-refractivity contribution < 1.29 is 27.8 Å². The Labute approximate surface area is 156 Å². The summed E-state index contributed by atoms with van der Waals surface area (Å²) in [6.45, 7) is 4.24. The molecule has 0 aliphatic heterocycles. The molecule has 0 saturated heterocycles. The zero-order valence-corrected chi connectivity index (χ0v) is 15.6. The second-order valence-electron chi connectivity index (χ2n) is 6.71. The van der Waals surface area contributed by atoms with Crippen LogP contribution < -0.4 is 10.1 Å². The van der Waals surface area contributed by atoms with E-state index in [0.29, 0.717) is 23.2 Å². The van der Waals surface area contributed by atoms with Gasteiger partial charge in [0.05, 0.1) is 0 Å². The maximum atomic E-state index is 12.5. The predicted octanol–water partition coefficient (Wildman–Crippen LogP) is 4.40. The summed E-state index contributed by atoms with van der Waals surface area (Å²) in [6, 6.07) is 10.5. The number of carbonyl (C=O) groups is 2. The molecule has 0 aromatic heterocycles. The Morgan fingerprint density at radius 2 is 1.78 bits per heavy atom. The molecule has 0 heterocycles. The number of carbonyl (C=O) groups excluding carboxylic acids is 2. The average molecular weight is 379 g/mol. The molecule has 0 spiro atoms. The Kier molecular flexibility index (Phi) is 6.71. The molecule has 1 amide bonds. The minimum atomic E-state index is -2.72. The smallest absolute Gasteiger partial charge is 0.344 e. The van der Waals surface area contributed by atoms with E-state index in [9.17, 15) is 18.4 Å². The maximum Gasteiger partial charge on any atom is 0.344 e. The first kappa shape index (κ1) is 20.6. The third-order valence-electron chi connectivity index (χ3n) is 4.34. The van der Waals surface area contributed by atoms with E-state index in [0.717, 1.165) is 5.39 Å². The summed E-state index contributed by atoms with van der Waals surface area (Å²) in [5.74, 6) is -0.576. The highest BCUT2D eigenvalue weighted by Crippen LogP contribution is 2.32. The van der Waals surface area contributed by atoms with Crippen LogP contribution in [-0.2, 0) is 14.3 Å². The minimum absolute atomic E-state index is 0.0978. The van der Waals surface area contributed by atoms with Gasteiger partial charge in [-0.05, 0) is 18.6 Å². The third-order valence-corrected chi connectivity index (χ3v) is 4.34. The molecule has 2 aromatic rings. The Bertz CT molecular complexity index is 821. The number of esters is 1. The SMILES string of the molecule is CCC(C)(C)C(=O)Nc1cccc2c(OCC(=O)OCC(F)F)cccc12. The second kappa shape index (κ2) is 8.79. The van der Waals surface area contributed by atoms with Gasteiger partial charge in [-0.2, -0.15) is 0 Å². The first-order valence-corrected chi connectivity index (χ1v) is 8.64. The summed E-state index contributed by atoms with van der Waals surface area (Å²) in [4.78, 5) is 23.9. The monoisotopic (exact) mass is 379 g/mol. The highest BCUT2D eigenvalue weighted by molar-refractivity contribution is 6.05. The quantitative estimate of drug-likeness (QED) is 0.691. The highest BCUT2D eigenvalue weighted by atomic mass is 19.3. The molecule has 0 bridgehead atoms. The van der Waals surface area contributed by atoms with Gasteiger partial charge in [0.2, 0.25) is 5.91 Å². The van der Waals surface area contributed by atoms with Crippen molar-refractivity contribution in [1.29, 1.82) is 0 Å². The van der Waals surface area contributed by atoms with Crippen LogP contribution in [0.1, 0.15) is 27.2 Å². The van der Waals surface area contributed by atoms with Crippen LogP contribution in [0.15, 0.2) is 36.4 Å². The Morgan fingerprint density at radius 3 is 2.44 bits per heavy atom. The van der Waals surface area contributed by atoms with E-state index in [1.54, 1.807) is 30.3 Å². The van der Waals surface area contributed by atoms with Crippen LogP contribution >= 0.6 is 0 Å². The van der Waals surface area contributed by atoms with Crippen molar-refractivity contribution in [3.8, 4) is 5.75 Å². The van der Waals surface area contributed by atoms with Crippen LogP contribution in [0.5, 0.6) is 5.75 Å². The number of hydrogen-bond acceptors (Lipinski definition) is 4. The van der Waals surface area contributed by atoms with Gasteiger partial charge in [0, 0.05) is 21.9 Å². The van der Waals surface area contributed by atoms with Crippen molar-refractivity contribution in [2.75, 3.05) is 18.5 Å². The molecule has 0 aliphatic carbocycles. The lowest BCUT2D eigenvalue weighted by Gasteiger charge is -2.22. The number of benzene rings is 2. The molecule has 0 fully saturated rings. The topological polar surface area (TPSA) is 64.6 Å². The number of nitrogens with one attached hydrogen (secondary N) is 1. The Morgan fingerprint density at radius 1 is 1.11 bits per heavy atom. The van der Waals surface area contributed by atoms with Gasteiger partial charge in [0.25, 0.3) is 6.43 Å². The predicted molar refractivity (Wildman–Crippen MR) is 99.1 cm³/mol. The first-order valence-electron chi connectivity index (χ1n) is 8.64. The molecule has 0 aliphatic rings. The van der Waals surface area contributed by atoms with Crippen LogP contribution in [0, 0.1) is 5.41 Å². The largest absolute Gasteiger partial charge is 0.481 e. The summed E-state index contributed by atoms with van der Waals surface area (Å²) < 4.78 is 34.0. The van der Waals surface area contributed by atoms with Crippen LogP contribution in [0.4, 0.5) is 14.5 Å². The highest BCUT2D eigenvalue weighted by Gasteiger charge is 2.25. The van der Waals surface area contributed by atoms with Crippen molar-refractivity contribution in [2.24, 2.45) is 5.41 Å². The molecule has 1 N–H and O–H groups in total. The molecule has 0 radical (unpaired) electrons. The van der Waals surface area contributed by atoms with Gasteiger partial charge in [-0.1, -0.05) is 45.0 Å². The van der Waals surface area contributed by atoms with Gasteiger partial charge >= 0.3 is 5.97 Å². The molecule has 2 rings (SSSR count). The van der Waals surface area contributed by atoms with E-state index in [-0.39, 0.29) is 5.91 Å². The lowest BCUT2D eigenvalue weighted by Crippen LogP contribution is -2.30. The van der Waals surface area contributed by atoms with E-state index in [2.05, 4.69) is 10.1 Å². The molecule has 0 atom stereocenters. The van der Waals surface area contributed by atoms with Gasteiger partial charge in [-0.3, -0.25) is 4.79 Å². The third kappa shape index (κ3) is 5.39. The number of amides is 1. The van der Waals surface area contributed by atoms with Crippen molar-refractivity contribution in [2.45, 2.75) is 33.6 Å².